The van der Waals surface area contributed by atoms with Gasteiger partial charge in [0.1, 0.15) is 0 Å². The fourth-order valence-corrected chi connectivity index (χ4v) is 3.64. The summed E-state index contributed by atoms with van der Waals surface area (Å²) in [5.41, 5.74) is 0.244. The third-order valence-corrected chi connectivity index (χ3v) is 5.28. The van der Waals surface area contributed by atoms with Crippen LogP contribution in [0.1, 0.15) is 36.5 Å². The van der Waals surface area contributed by atoms with Crippen LogP contribution in [0.25, 0.3) is 0 Å². The lowest BCUT2D eigenvalue weighted by atomic mass is 9.73. The maximum Gasteiger partial charge on any atom is 0.270 e. The lowest BCUT2D eigenvalue weighted by molar-refractivity contribution is -0.131. The van der Waals surface area contributed by atoms with Crippen LogP contribution in [0, 0.1) is 5.41 Å². The Balaban J connectivity index is 2.13. The molecule has 1 amide bonds. The average molecular weight is 392 g/mol. The summed E-state index contributed by atoms with van der Waals surface area (Å²) in [5, 5.41) is 11.7. The first-order chi connectivity index (χ1) is 12.5. The van der Waals surface area contributed by atoms with E-state index in [9.17, 15) is 13.6 Å². The van der Waals surface area contributed by atoms with Crippen LogP contribution in [0.15, 0.2) is 48.5 Å². The van der Waals surface area contributed by atoms with Crippen molar-refractivity contribution in [3.8, 4) is 0 Å². The highest BCUT2D eigenvalue weighted by Crippen LogP contribution is 2.42. The molecule has 2 aromatic carbocycles. The molecule has 0 bridgehead atoms. The van der Waals surface area contributed by atoms with Gasteiger partial charge in [-0.15, -0.1) is 0 Å². The van der Waals surface area contributed by atoms with E-state index in [1.807, 2.05) is 13.0 Å². The number of nitrogens with one attached hydrogen (secondary N) is 2. The Morgan fingerprint density at radius 3 is 2.41 bits per heavy atom. The fraction of sp³-hybridized carbons (Fsp3) is 0.300. The highest BCUT2D eigenvalue weighted by Gasteiger charge is 2.48. The van der Waals surface area contributed by atoms with Crippen molar-refractivity contribution < 1.29 is 13.6 Å². The molecule has 1 saturated heterocycles. The van der Waals surface area contributed by atoms with Crippen LogP contribution in [0.5, 0.6) is 0 Å². The van der Waals surface area contributed by atoms with Gasteiger partial charge < -0.3 is 5.32 Å². The summed E-state index contributed by atoms with van der Waals surface area (Å²) in [6.07, 6.45) is 0. The molecule has 27 heavy (non-hydrogen) atoms. The molecule has 0 unspecified atom stereocenters. The number of hydrogen-bond acceptors (Lipinski definition) is 2. The summed E-state index contributed by atoms with van der Waals surface area (Å²) < 4.78 is 27.1. The number of rotatable bonds is 3. The van der Waals surface area contributed by atoms with Gasteiger partial charge in [0.05, 0.1) is 11.5 Å². The molecule has 0 spiro atoms. The van der Waals surface area contributed by atoms with Crippen LogP contribution in [0.4, 0.5) is 8.78 Å². The third kappa shape index (κ3) is 3.41. The van der Waals surface area contributed by atoms with Crippen LogP contribution in [0.3, 0.4) is 0 Å². The van der Waals surface area contributed by atoms with Gasteiger partial charge in [0.25, 0.3) is 5.92 Å². The maximum atomic E-state index is 13.5. The zero-order chi connectivity index (χ0) is 20.0. The monoisotopic (exact) mass is 391 g/mol. The van der Waals surface area contributed by atoms with Crippen molar-refractivity contribution in [3.63, 3.8) is 0 Å². The maximum absolute atomic E-state index is 13.5. The summed E-state index contributed by atoms with van der Waals surface area (Å²) in [7, 11) is 1.51. The van der Waals surface area contributed by atoms with Crippen molar-refractivity contribution >= 4 is 23.5 Å². The number of hydrogen-bond donors (Lipinski definition) is 2. The molecule has 2 N–H and O–H groups in total. The topological polar surface area (TPSA) is 56.2 Å². The van der Waals surface area contributed by atoms with E-state index in [1.54, 1.807) is 30.3 Å². The minimum absolute atomic E-state index is 0.0320. The van der Waals surface area contributed by atoms with Crippen molar-refractivity contribution in [2.24, 2.45) is 0 Å². The second kappa shape index (κ2) is 6.60. The molecular formula is C20H20ClF2N3O. The summed E-state index contributed by atoms with van der Waals surface area (Å²) in [5.74, 6) is -4.00. The Labute approximate surface area is 161 Å². The standard InChI is InChI=1S/C20H20ClF2N3O/c1-19(14-5-4-6-15(21)11-14)16(17(27)26(3)18(24)25-19)12-7-9-13(10-8-12)20(2,22)23/h4-11,16H,1-3H3,(H2,24,25)/t16-,19+/m0/s1. The van der Waals surface area contributed by atoms with E-state index in [-0.39, 0.29) is 17.4 Å². The van der Waals surface area contributed by atoms with Crippen LogP contribution in [-0.4, -0.2) is 23.8 Å². The van der Waals surface area contributed by atoms with Gasteiger partial charge in [0.2, 0.25) is 5.91 Å². The number of amides is 1. The summed E-state index contributed by atoms with van der Waals surface area (Å²) in [4.78, 5) is 14.3. The third-order valence-electron chi connectivity index (χ3n) is 5.04. The zero-order valence-electron chi connectivity index (χ0n) is 15.2. The number of nitrogens with zero attached hydrogens (tertiary/aromatic N) is 1. The van der Waals surface area contributed by atoms with Crippen LogP contribution >= 0.6 is 11.6 Å². The van der Waals surface area contributed by atoms with Crippen molar-refractivity contribution in [2.45, 2.75) is 31.2 Å². The molecule has 1 heterocycles. The molecule has 0 aromatic heterocycles. The molecule has 4 nitrogen and oxygen atoms in total. The molecule has 0 radical (unpaired) electrons. The Morgan fingerprint density at radius 2 is 1.85 bits per heavy atom. The van der Waals surface area contributed by atoms with Crippen molar-refractivity contribution in [2.75, 3.05) is 7.05 Å². The predicted molar refractivity (Wildman–Crippen MR) is 101 cm³/mol. The quantitative estimate of drug-likeness (QED) is 0.812. The van der Waals surface area contributed by atoms with Crippen LogP contribution in [-0.2, 0) is 16.3 Å². The second-order valence-electron chi connectivity index (χ2n) is 7.03. The summed E-state index contributed by atoms with van der Waals surface area (Å²) in [6.45, 7) is 2.64. The van der Waals surface area contributed by atoms with E-state index in [2.05, 4.69) is 5.32 Å². The van der Waals surface area contributed by atoms with Crippen molar-refractivity contribution in [1.82, 2.24) is 10.2 Å². The minimum Gasteiger partial charge on any atom is -0.346 e. The van der Waals surface area contributed by atoms with E-state index >= 15 is 0 Å². The highest BCUT2D eigenvalue weighted by molar-refractivity contribution is 6.30. The molecule has 0 saturated carbocycles. The van der Waals surface area contributed by atoms with E-state index in [1.165, 1.54) is 24.1 Å². The van der Waals surface area contributed by atoms with Crippen molar-refractivity contribution in [3.05, 3.63) is 70.2 Å². The SMILES string of the molecule is CN1C(=N)N[C@](C)(c2cccc(Cl)c2)[C@@H](c2ccc(C(C)(F)F)cc2)C1=O. The number of guanidine groups is 1. The lowest BCUT2D eigenvalue weighted by Gasteiger charge is -2.46. The van der Waals surface area contributed by atoms with E-state index < -0.39 is 17.4 Å². The molecular weight excluding hydrogens is 372 g/mol. The molecule has 1 aliphatic heterocycles. The highest BCUT2D eigenvalue weighted by atomic mass is 35.5. The molecule has 142 valence electrons. The Morgan fingerprint density at radius 1 is 1.22 bits per heavy atom. The Hall–Kier alpha value is -2.47. The summed E-state index contributed by atoms with van der Waals surface area (Å²) in [6, 6.07) is 12.8. The molecule has 2 aromatic rings. The average Bonchev–Trinajstić information content (AvgIpc) is 2.59. The first kappa shape index (κ1) is 19.3. The van der Waals surface area contributed by atoms with Gasteiger partial charge in [-0.25, -0.2) is 8.78 Å². The first-order valence-electron chi connectivity index (χ1n) is 8.42. The van der Waals surface area contributed by atoms with Gasteiger partial charge in [-0.05, 0) is 30.2 Å². The number of halogens is 3. The lowest BCUT2D eigenvalue weighted by Crippen LogP contribution is -2.62. The second-order valence-corrected chi connectivity index (χ2v) is 7.46. The fourth-order valence-electron chi connectivity index (χ4n) is 3.45. The normalized spacial score (nSPS) is 23.3. The van der Waals surface area contributed by atoms with E-state index in [4.69, 9.17) is 17.0 Å². The van der Waals surface area contributed by atoms with Crippen molar-refractivity contribution in [1.29, 1.82) is 5.41 Å². The molecule has 7 heteroatoms. The number of carbonyl (C=O) groups excluding carboxylic acids is 1. The van der Waals surface area contributed by atoms with Gasteiger partial charge in [-0.1, -0.05) is 48.0 Å². The van der Waals surface area contributed by atoms with Gasteiger partial charge in [0.15, 0.2) is 5.96 Å². The van der Waals surface area contributed by atoms with E-state index in [0.29, 0.717) is 10.6 Å². The Kier molecular flexibility index (Phi) is 4.72. The molecule has 0 aliphatic carbocycles. The number of likely N-dealkylation sites (N-methyl/N-ethyl adjacent to an activating group) is 1. The largest absolute Gasteiger partial charge is 0.346 e. The molecule has 1 fully saturated rings. The van der Waals surface area contributed by atoms with Crippen LogP contribution < -0.4 is 5.32 Å². The number of benzene rings is 2. The van der Waals surface area contributed by atoms with Crippen LogP contribution in [0.2, 0.25) is 5.02 Å². The van der Waals surface area contributed by atoms with Gasteiger partial charge in [-0.2, -0.15) is 0 Å². The molecule has 1 aliphatic rings. The Bertz CT molecular complexity index is 895. The van der Waals surface area contributed by atoms with Gasteiger partial charge in [-0.3, -0.25) is 15.1 Å². The smallest absolute Gasteiger partial charge is 0.270 e. The zero-order valence-corrected chi connectivity index (χ0v) is 15.9. The molecule has 2 atom stereocenters. The molecule has 3 rings (SSSR count). The predicted octanol–water partition coefficient (Wildman–Crippen LogP) is 4.45. The summed E-state index contributed by atoms with van der Waals surface area (Å²) >= 11 is 6.13. The van der Waals surface area contributed by atoms with Gasteiger partial charge >= 0.3 is 0 Å². The van der Waals surface area contributed by atoms with E-state index in [0.717, 1.165) is 12.5 Å². The minimum atomic E-state index is -2.96. The van der Waals surface area contributed by atoms with Gasteiger partial charge in [0, 0.05) is 24.6 Å². The number of carbonyl (C=O) groups is 1. The number of alkyl halides is 2. The first-order valence-corrected chi connectivity index (χ1v) is 8.80.